The van der Waals surface area contributed by atoms with Crippen LogP contribution in [0.1, 0.15) is 24.4 Å². The molecule has 4 N–H and O–H groups in total. The molecule has 1 fully saturated rings. The second-order valence-electron chi connectivity index (χ2n) is 3.83. The molecule has 0 aromatic heterocycles. The van der Waals surface area contributed by atoms with Gasteiger partial charge in [-0.2, -0.15) is 12.8 Å². The van der Waals surface area contributed by atoms with Gasteiger partial charge in [0, 0.05) is 6.04 Å². The molecular formula is C13H19N2NaO2. The van der Waals surface area contributed by atoms with Gasteiger partial charge in [-0.15, -0.1) is 0 Å². The fourth-order valence-corrected chi connectivity index (χ4v) is 1.67. The third-order valence-corrected chi connectivity index (χ3v) is 2.52. The summed E-state index contributed by atoms with van der Waals surface area (Å²) in [6.07, 6.45) is 4.75. The number of nitrogens with two attached hydrogens (primary N) is 1. The second kappa shape index (κ2) is 10.5. The molecule has 0 amide bonds. The number of carbonyl (C=O) groups is 1. The van der Waals surface area contributed by atoms with Crippen LogP contribution < -0.4 is 40.6 Å². The average Bonchev–Trinajstić information content (AvgIpc) is 2.41. The minimum atomic E-state index is -0.968. The molecule has 1 heterocycles. The maximum absolute atomic E-state index is 9.24. The van der Waals surface area contributed by atoms with Gasteiger partial charge in [-0.05, 0) is 12.1 Å². The van der Waals surface area contributed by atoms with E-state index in [0.717, 1.165) is 6.54 Å². The van der Waals surface area contributed by atoms with Gasteiger partial charge in [0.2, 0.25) is 0 Å². The van der Waals surface area contributed by atoms with Crippen molar-refractivity contribution >= 4 is 5.97 Å². The molecule has 1 aromatic carbocycles. The van der Waals surface area contributed by atoms with Crippen LogP contribution in [-0.2, 0) is 4.79 Å². The van der Waals surface area contributed by atoms with E-state index in [9.17, 15) is 4.79 Å². The molecule has 1 aliphatic heterocycles. The number of nitrogens with one attached hydrogen (secondary N) is 1. The Bertz CT molecular complexity index is 327. The van der Waals surface area contributed by atoms with Crippen LogP contribution in [0.5, 0.6) is 0 Å². The van der Waals surface area contributed by atoms with Crippen molar-refractivity contribution in [1.29, 1.82) is 0 Å². The minimum Gasteiger partial charge on any atom is -0.480 e. The smallest absolute Gasteiger partial charge is 0.480 e. The standard InChI is InChI=1S/C11H14N.C2H5NO2.Na/c1-2-6-10(7-3-1)11-8-4-5-9-12-11;3-1-2(4)5;/h1-4,6-7,11-12H,5,8-9H2;1,3H2,(H,4,5);/q-1;;+1. The summed E-state index contributed by atoms with van der Waals surface area (Å²) in [5.41, 5.74) is 5.98. The van der Waals surface area contributed by atoms with Gasteiger partial charge in [-0.25, -0.2) is 0 Å². The molecule has 0 aliphatic carbocycles. The van der Waals surface area contributed by atoms with Crippen molar-refractivity contribution in [2.24, 2.45) is 5.73 Å². The minimum absolute atomic E-state index is 0. The fraction of sp³-hybridized carbons (Fsp3) is 0.385. The molecule has 1 unspecified atom stereocenters. The predicted octanol–water partition coefficient (Wildman–Crippen LogP) is -1.65. The SMILES string of the molecule is NCC(=O)O.[Na+].c1ccc(C2C[CH-]CCN2)cc1. The maximum Gasteiger partial charge on any atom is 1.00 e. The number of hydrogen-bond donors (Lipinski definition) is 3. The summed E-state index contributed by atoms with van der Waals surface area (Å²) in [5.74, 6) is -0.968. The van der Waals surface area contributed by atoms with E-state index in [0.29, 0.717) is 6.04 Å². The Morgan fingerprint density at radius 2 is 2.06 bits per heavy atom. The summed E-state index contributed by atoms with van der Waals surface area (Å²) in [5, 5.41) is 11.1. The molecule has 0 radical (unpaired) electrons. The van der Waals surface area contributed by atoms with Crippen LogP contribution in [0.4, 0.5) is 0 Å². The molecule has 18 heavy (non-hydrogen) atoms. The zero-order chi connectivity index (χ0) is 12.5. The first kappa shape index (κ1) is 17.6. The Labute approximate surface area is 130 Å². The van der Waals surface area contributed by atoms with Crippen LogP contribution in [0.2, 0.25) is 0 Å². The molecular weight excluding hydrogens is 239 g/mol. The monoisotopic (exact) mass is 258 g/mol. The van der Waals surface area contributed by atoms with Crippen molar-refractivity contribution in [3.63, 3.8) is 0 Å². The topological polar surface area (TPSA) is 75.4 Å². The van der Waals surface area contributed by atoms with E-state index in [4.69, 9.17) is 5.11 Å². The van der Waals surface area contributed by atoms with Crippen molar-refractivity contribution in [2.45, 2.75) is 18.9 Å². The van der Waals surface area contributed by atoms with E-state index in [1.165, 1.54) is 18.4 Å². The van der Waals surface area contributed by atoms with E-state index < -0.39 is 5.97 Å². The van der Waals surface area contributed by atoms with Crippen LogP contribution >= 0.6 is 0 Å². The number of carboxylic acids is 1. The quantitative estimate of drug-likeness (QED) is 0.439. The first-order valence-electron chi connectivity index (χ1n) is 5.76. The van der Waals surface area contributed by atoms with Crippen molar-refractivity contribution in [3.05, 3.63) is 42.3 Å². The number of hydrogen-bond acceptors (Lipinski definition) is 3. The number of rotatable bonds is 2. The van der Waals surface area contributed by atoms with Gasteiger partial charge in [0.1, 0.15) is 0 Å². The Balaban J connectivity index is 0.000000421. The normalized spacial score (nSPS) is 17.9. The Kier molecular flexibility index (Phi) is 10.3. The third kappa shape index (κ3) is 7.13. The van der Waals surface area contributed by atoms with Crippen LogP contribution in [0.15, 0.2) is 30.3 Å². The summed E-state index contributed by atoms with van der Waals surface area (Å²) in [7, 11) is 0. The van der Waals surface area contributed by atoms with Crippen LogP contribution in [-0.4, -0.2) is 24.2 Å². The zero-order valence-electron chi connectivity index (χ0n) is 10.8. The van der Waals surface area contributed by atoms with Crippen molar-refractivity contribution in [2.75, 3.05) is 13.1 Å². The molecule has 0 bridgehead atoms. The zero-order valence-corrected chi connectivity index (χ0v) is 12.8. The van der Waals surface area contributed by atoms with Crippen molar-refractivity contribution in [3.8, 4) is 0 Å². The molecule has 1 aliphatic rings. The summed E-state index contributed by atoms with van der Waals surface area (Å²) in [6.45, 7) is 0.847. The first-order chi connectivity index (χ1) is 8.24. The van der Waals surface area contributed by atoms with Gasteiger partial charge in [0.25, 0.3) is 0 Å². The summed E-state index contributed by atoms with van der Waals surface area (Å²) in [4.78, 5) is 9.24. The Morgan fingerprint density at radius 1 is 1.44 bits per heavy atom. The van der Waals surface area contributed by atoms with E-state index in [1.807, 2.05) is 0 Å². The van der Waals surface area contributed by atoms with E-state index >= 15 is 0 Å². The fourth-order valence-electron chi connectivity index (χ4n) is 1.67. The van der Waals surface area contributed by atoms with Gasteiger partial charge in [0.15, 0.2) is 0 Å². The summed E-state index contributed by atoms with van der Waals surface area (Å²) in [6, 6.07) is 11.2. The third-order valence-electron chi connectivity index (χ3n) is 2.52. The number of carboxylic acid groups (broad SMARTS) is 1. The molecule has 0 spiro atoms. The van der Waals surface area contributed by atoms with Gasteiger partial charge < -0.3 is 22.6 Å². The molecule has 5 heteroatoms. The maximum atomic E-state index is 9.24. The molecule has 0 saturated carbocycles. The molecule has 1 atom stereocenters. The second-order valence-corrected chi connectivity index (χ2v) is 3.83. The molecule has 1 aromatic rings. The van der Waals surface area contributed by atoms with Gasteiger partial charge in [-0.3, -0.25) is 4.79 Å². The summed E-state index contributed by atoms with van der Waals surface area (Å²) < 4.78 is 0. The van der Waals surface area contributed by atoms with Gasteiger partial charge in [-0.1, -0.05) is 30.3 Å². The summed E-state index contributed by atoms with van der Waals surface area (Å²) >= 11 is 0. The van der Waals surface area contributed by atoms with E-state index in [2.05, 4.69) is 47.8 Å². The molecule has 4 nitrogen and oxygen atoms in total. The number of benzene rings is 1. The van der Waals surface area contributed by atoms with E-state index in [1.54, 1.807) is 0 Å². The predicted molar refractivity (Wildman–Crippen MR) is 67.4 cm³/mol. The number of aliphatic carboxylic acids is 1. The first-order valence-corrected chi connectivity index (χ1v) is 5.76. The van der Waals surface area contributed by atoms with Gasteiger partial charge in [0.05, 0.1) is 6.54 Å². The largest absolute Gasteiger partial charge is 1.00 e. The van der Waals surface area contributed by atoms with Crippen molar-refractivity contribution < 1.29 is 39.5 Å². The number of piperidine rings is 1. The average molecular weight is 258 g/mol. The van der Waals surface area contributed by atoms with Crippen LogP contribution in [0, 0.1) is 6.42 Å². The van der Waals surface area contributed by atoms with Crippen molar-refractivity contribution in [1.82, 2.24) is 5.32 Å². The van der Waals surface area contributed by atoms with Gasteiger partial charge >= 0.3 is 35.5 Å². The van der Waals surface area contributed by atoms with E-state index in [-0.39, 0.29) is 36.1 Å². The molecule has 94 valence electrons. The molecule has 2 rings (SSSR count). The van der Waals surface area contributed by atoms with Crippen LogP contribution in [0.3, 0.4) is 0 Å². The van der Waals surface area contributed by atoms with Crippen LogP contribution in [0.25, 0.3) is 0 Å². The molecule has 1 saturated heterocycles. The Hall–Kier alpha value is -0.390. The Morgan fingerprint density at radius 3 is 2.50 bits per heavy atom.